The van der Waals surface area contributed by atoms with Crippen molar-refractivity contribution in [3.63, 3.8) is 0 Å². The van der Waals surface area contributed by atoms with Crippen molar-refractivity contribution in [2.45, 2.75) is 39.3 Å². The second-order valence-corrected chi connectivity index (χ2v) is 5.88. The molecular formula is C17H21N3O3. The number of hydrogen-bond acceptors (Lipinski definition) is 3. The Morgan fingerprint density at radius 2 is 1.74 bits per heavy atom. The van der Waals surface area contributed by atoms with Gasteiger partial charge in [0.05, 0.1) is 10.9 Å². The number of carbonyl (C=O) groups is 1. The van der Waals surface area contributed by atoms with Crippen LogP contribution in [-0.2, 0) is 17.9 Å². The number of nitrogens with zero attached hydrogens (tertiary/aromatic N) is 3. The number of likely N-dealkylation sites (tertiary alicyclic amines) is 1. The molecule has 3 rings (SSSR count). The molecule has 1 saturated heterocycles. The lowest BCUT2D eigenvalue weighted by molar-refractivity contribution is -0.132. The molecule has 23 heavy (non-hydrogen) atoms. The van der Waals surface area contributed by atoms with Crippen LogP contribution in [-0.4, -0.2) is 33.0 Å². The quantitative estimate of drug-likeness (QED) is 0.855. The Morgan fingerprint density at radius 3 is 2.43 bits per heavy atom. The molecule has 0 aliphatic carbocycles. The van der Waals surface area contributed by atoms with Crippen molar-refractivity contribution in [2.75, 3.05) is 13.1 Å². The second-order valence-electron chi connectivity index (χ2n) is 5.88. The lowest BCUT2D eigenvalue weighted by Gasteiger charge is -2.27. The Bertz CT molecular complexity index is 844. The molecule has 6 heteroatoms. The van der Waals surface area contributed by atoms with Gasteiger partial charge in [0.25, 0.3) is 5.56 Å². The molecule has 0 radical (unpaired) electrons. The van der Waals surface area contributed by atoms with Crippen LogP contribution >= 0.6 is 0 Å². The summed E-state index contributed by atoms with van der Waals surface area (Å²) in [5.41, 5.74) is -0.186. The zero-order valence-electron chi connectivity index (χ0n) is 13.3. The minimum absolute atomic E-state index is 0.0143. The Labute approximate surface area is 133 Å². The molecule has 122 valence electrons. The number of carbonyl (C=O) groups excluding carboxylic acids is 1. The molecule has 0 bridgehead atoms. The summed E-state index contributed by atoms with van der Waals surface area (Å²) in [6.45, 7) is 3.53. The lowest BCUT2D eigenvalue weighted by atomic mass is 10.1. The maximum Gasteiger partial charge on any atom is 0.331 e. The largest absolute Gasteiger partial charge is 0.341 e. The van der Waals surface area contributed by atoms with Gasteiger partial charge in [-0.1, -0.05) is 12.1 Å². The van der Waals surface area contributed by atoms with E-state index in [1.807, 2.05) is 4.90 Å². The SMILES string of the molecule is CCn1c(=O)c2ccccc2n(CC(=O)N2CCCCC2)c1=O. The number of hydrogen-bond donors (Lipinski definition) is 0. The highest BCUT2D eigenvalue weighted by atomic mass is 16.2. The number of fused-ring (bicyclic) bond motifs is 1. The standard InChI is InChI=1S/C17H21N3O3/c1-2-19-16(22)13-8-4-5-9-14(13)20(17(19)23)12-15(21)18-10-6-3-7-11-18/h4-5,8-9H,2-3,6-7,10-12H2,1H3. The van der Waals surface area contributed by atoms with Gasteiger partial charge in [-0.25, -0.2) is 4.79 Å². The van der Waals surface area contributed by atoms with Crippen LogP contribution < -0.4 is 11.2 Å². The number of rotatable bonds is 3. The third kappa shape index (κ3) is 2.81. The van der Waals surface area contributed by atoms with E-state index >= 15 is 0 Å². The van der Waals surface area contributed by atoms with Crippen LogP contribution in [0.3, 0.4) is 0 Å². The third-order valence-electron chi connectivity index (χ3n) is 4.45. The molecule has 0 atom stereocenters. The van der Waals surface area contributed by atoms with Crippen LogP contribution in [0, 0.1) is 0 Å². The van der Waals surface area contributed by atoms with Gasteiger partial charge in [-0.2, -0.15) is 0 Å². The first-order valence-electron chi connectivity index (χ1n) is 8.13. The molecular weight excluding hydrogens is 294 g/mol. The van der Waals surface area contributed by atoms with Gasteiger partial charge in [-0.15, -0.1) is 0 Å². The summed E-state index contributed by atoms with van der Waals surface area (Å²) in [4.78, 5) is 39.3. The van der Waals surface area contributed by atoms with Crippen LogP contribution in [0.1, 0.15) is 26.2 Å². The predicted molar refractivity (Wildman–Crippen MR) is 88.6 cm³/mol. The first-order valence-corrected chi connectivity index (χ1v) is 8.13. The Kier molecular flexibility index (Phi) is 4.32. The molecule has 2 heterocycles. The van der Waals surface area contributed by atoms with Gasteiger partial charge in [-0.3, -0.25) is 18.7 Å². The van der Waals surface area contributed by atoms with E-state index in [0.717, 1.165) is 32.4 Å². The van der Waals surface area contributed by atoms with Gasteiger partial charge < -0.3 is 4.90 Å². The number of amides is 1. The van der Waals surface area contributed by atoms with Crippen molar-refractivity contribution < 1.29 is 4.79 Å². The maximum atomic E-state index is 12.6. The molecule has 0 spiro atoms. The molecule has 2 aromatic rings. The second kappa shape index (κ2) is 6.40. The van der Waals surface area contributed by atoms with Gasteiger partial charge in [0.2, 0.25) is 5.91 Å². The van der Waals surface area contributed by atoms with Gasteiger partial charge in [-0.05, 0) is 38.3 Å². The fourth-order valence-electron chi connectivity index (χ4n) is 3.18. The number of piperidine rings is 1. The summed E-state index contributed by atoms with van der Waals surface area (Å²) in [7, 11) is 0. The topological polar surface area (TPSA) is 64.3 Å². The Morgan fingerprint density at radius 1 is 1.04 bits per heavy atom. The molecule has 1 amide bonds. The van der Waals surface area contributed by atoms with Crippen LogP contribution in [0.25, 0.3) is 10.9 Å². The van der Waals surface area contributed by atoms with Crippen molar-refractivity contribution in [3.8, 4) is 0 Å². The van der Waals surface area contributed by atoms with Crippen molar-refractivity contribution in [1.29, 1.82) is 0 Å². The first-order chi connectivity index (χ1) is 11.1. The summed E-state index contributed by atoms with van der Waals surface area (Å²) in [6, 6.07) is 6.97. The summed E-state index contributed by atoms with van der Waals surface area (Å²) in [6.07, 6.45) is 3.17. The van der Waals surface area contributed by atoms with Crippen LogP contribution in [0.2, 0.25) is 0 Å². The average Bonchev–Trinajstić information content (AvgIpc) is 2.59. The summed E-state index contributed by atoms with van der Waals surface area (Å²) in [5.74, 6) is -0.0572. The van der Waals surface area contributed by atoms with Crippen LogP contribution in [0.4, 0.5) is 0 Å². The minimum Gasteiger partial charge on any atom is -0.341 e. The highest BCUT2D eigenvalue weighted by molar-refractivity contribution is 5.81. The van der Waals surface area contributed by atoms with Gasteiger partial charge >= 0.3 is 5.69 Å². The summed E-state index contributed by atoms with van der Waals surface area (Å²) < 4.78 is 2.61. The van der Waals surface area contributed by atoms with Crippen LogP contribution in [0.15, 0.2) is 33.9 Å². The first kappa shape index (κ1) is 15.5. The molecule has 1 aromatic carbocycles. The van der Waals surface area contributed by atoms with E-state index in [-0.39, 0.29) is 18.0 Å². The van der Waals surface area contributed by atoms with Crippen molar-refractivity contribution in [2.24, 2.45) is 0 Å². The molecule has 1 aliphatic heterocycles. The van der Waals surface area contributed by atoms with E-state index in [0.29, 0.717) is 17.4 Å². The highest BCUT2D eigenvalue weighted by Gasteiger charge is 2.19. The van der Waals surface area contributed by atoms with Crippen molar-refractivity contribution in [1.82, 2.24) is 14.0 Å². The van der Waals surface area contributed by atoms with Crippen molar-refractivity contribution in [3.05, 3.63) is 45.1 Å². The monoisotopic (exact) mass is 315 g/mol. The average molecular weight is 315 g/mol. The van der Waals surface area contributed by atoms with E-state index in [9.17, 15) is 14.4 Å². The summed E-state index contributed by atoms with van der Waals surface area (Å²) in [5, 5.41) is 0.473. The number of benzene rings is 1. The Hall–Kier alpha value is -2.37. The number of aromatic nitrogens is 2. The molecule has 0 saturated carbocycles. The molecule has 1 aromatic heterocycles. The van der Waals surface area contributed by atoms with E-state index in [2.05, 4.69) is 0 Å². The fraction of sp³-hybridized carbons (Fsp3) is 0.471. The smallest absolute Gasteiger partial charge is 0.331 e. The van der Waals surface area contributed by atoms with Gasteiger partial charge in [0, 0.05) is 19.6 Å². The molecule has 6 nitrogen and oxygen atoms in total. The Balaban J connectivity index is 2.07. The lowest BCUT2D eigenvalue weighted by Crippen LogP contribution is -2.44. The van der Waals surface area contributed by atoms with E-state index in [4.69, 9.17) is 0 Å². The fourth-order valence-corrected chi connectivity index (χ4v) is 3.18. The van der Waals surface area contributed by atoms with E-state index < -0.39 is 5.69 Å². The minimum atomic E-state index is -0.415. The van der Waals surface area contributed by atoms with E-state index in [1.54, 1.807) is 31.2 Å². The van der Waals surface area contributed by atoms with Crippen molar-refractivity contribution >= 4 is 16.8 Å². The molecule has 1 fully saturated rings. The number of para-hydroxylation sites is 1. The zero-order valence-corrected chi connectivity index (χ0v) is 13.3. The van der Waals surface area contributed by atoms with Gasteiger partial charge in [0.15, 0.2) is 0 Å². The molecule has 0 N–H and O–H groups in total. The van der Waals surface area contributed by atoms with Gasteiger partial charge in [0.1, 0.15) is 6.54 Å². The predicted octanol–water partition coefficient (Wildman–Crippen LogP) is 1.20. The zero-order chi connectivity index (χ0) is 16.4. The summed E-state index contributed by atoms with van der Waals surface area (Å²) >= 11 is 0. The normalized spacial score (nSPS) is 15.1. The van der Waals surface area contributed by atoms with Crippen LogP contribution in [0.5, 0.6) is 0 Å². The maximum absolute atomic E-state index is 12.6. The van der Waals surface area contributed by atoms with E-state index in [1.165, 1.54) is 9.13 Å². The third-order valence-corrected chi connectivity index (χ3v) is 4.45. The molecule has 0 unspecified atom stereocenters. The molecule has 1 aliphatic rings. The highest BCUT2D eigenvalue weighted by Crippen LogP contribution is 2.11.